The molecule has 0 spiro atoms. The summed E-state index contributed by atoms with van der Waals surface area (Å²) in [5.74, 6) is -0.916. The Hall–Kier alpha value is -2.64. The van der Waals surface area contributed by atoms with Crippen LogP contribution in [0.25, 0.3) is 0 Å². The first-order chi connectivity index (χ1) is 9.70. The number of nitrogens with one attached hydrogen (secondary N) is 1. The van der Waals surface area contributed by atoms with E-state index in [1.165, 1.54) is 0 Å². The summed E-state index contributed by atoms with van der Waals surface area (Å²) in [4.78, 5) is 11.1. The van der Waals surface area contributed by atoms with Crippen molar-refractivity contribution in [2.24, 2.45) is 0 Å². The molecule has 4 heteroatoms. The highest BCUT2D eigenvalue weighted by Gasteiger charge is 2.07. The third-order valence-corrected chi connectivity index (χ3v) is 2.98. The van der Waals surface area contributed by atoms with E-state index >= 15 is 0 Å². The SMILES string of the molecule is N#Cc1ccc(CNCc2ccccc2C(=O)O)cc1. The van der Waals surface area contributed by atoms with E-state index in [0.717, 1.165) is 11.1 Å². The number of hydrogen-bond acceptors (Lipinski definition) is 3. The number of aromatic carboxylic acids is 1. The van der Waals surface area contributed by atoms with Crippen LogP contribution in [0.5, 0.6) is 0 Å². The highest BCUT2D eigenvalue weighted by atomic mass is 16.4. The van der Waals surface area contributed by atoms with E-state index in [0.29, 0.717) is 24.2 Å². The van der Waals surface area contributed by atoms with Gasteiger partial charge in [0.25, 0.3) is 0 Å². The molecule has 4 nitrogen and oxygen atoms in total. The van der Waals surface area contributed by atoms with Crippen LogP contribution in [0, 0.1) is 11.3 Å². The van der Waals surface area contributed by atoms with Gasteiger partial charge in [0, 0.05) is 13.1 Å². The first kappa shape index (κ1) is 13.8. The van der Waals surface area contributed by atoms with E-state index in [9.17, 15) is 4.79 Å². The Morgan fingerprint density at radius 1 is 1.10 bits per heavy atom. The first-order valence-electron chi connectivity index (χ1n) is 6.21. The summed E-state index contributed by atoms with van der Waals surface area (Å²) >= 11 is 0. The second-order valence-electron chi connectivity index (χ2n) is 4.37. The molecule has 0 aliphatic rings. The van der Waals surface area contributed by atoms with E-state index in [4.69, 9.17) is 10.4 Å². The minimum Gasteiger partial charge on any atom is -0.478 e. The molecule has 0 aliphatic heterocycles. The molecule has 2 N–H and O–H groups in total. The van der Waals surface area contributed by atoms with Crippen molar-refractivity contribution in [1.29, 1.82) is 5.26 Å². The number of benzene rings is 2. The lowest BCUT2D eigenvalue weighted by Gasteiger charge is -2.08. The van der Waals surface area contributed by atoms with Crippen molar-refractivity contribution in [2.75, 3.05) is 0 Å². The van der Waals surface area contributed by atoms with Crippen molar-refractivity contribution >= 4 is 5.97 Å². The fourth-order valence-electron chi connectivity index (χ4n) is 1.92. The smallest absolute Gasteiger partial charge is 0.336 e. The molecule has 0 amide bonds. The van der Waals surface area contributed by atoms with Crippen molar-refractivity contribution in [2.45, 2.75) is 13.1 Å². The van der Waals surface area contributed by atoms with E-state index in [1.807, 2.05) is 18.2 Å². The molecule has 2 rings (SSSR count). The molecular formula is C16H14N2O2. The van der Waals surface area contributed by atoms with Gasteiger partial charge < -0.3 is 10.4 Å². The lowest BCUT2D eigenvalue weighted by Crippen LogP contribution is -2.15. The molecule has 0 bridgehead atoms. The Morgan fingerprint density at radius 2 is 1.80 bits per heavy atom. The molecule has 0 saturated carbocycles. The summed E-state index contributed by atoms with van der Waals surface area (Å²) in [6.45, 7) is 1.11. The van der Waals surface area contributed by atoms with Crippen LogP contribution in [0.2, 0.25) is 0 Å². The van der Waals surface area contributed by atoms with Crippen LogP contribution >= 0.6 is 0 Å². The fourth-order valence-corrected chi connectivity index (χ4v) is 1.92. The summed E-state index contributed by atoms with van der Waals surface area (Å²) in [7, 11) is 0. The van der Waals surface area contributed by atoms with Crippen molar-refractivity contribution in [3.05, 3.63) is 70.8 Å². The topological polar surface area (TPSA) is 73.1 Å². The van der Waals surface area contributed by atoms with Gasteiger partial charge >= 0.3 is 5.97 Å². The monoisotopic (exact) mass is 266 g/mol. The summed E-state index contributed by atoms with van der Waals surface area (Å²) in [6, 6.07) is 16.3. The van der Waals surface area contributed by atoms with Gasteiger partial charge in [-0.1, -0.05) is 30.3 Å². The Morgan fingerprint density at radius 3 is 2.45 bits per heavy atom. The molecule has 0 fully saturated rings. The molecule has 2 aromatic carbocycles. The Labute approximate surface area is 117 Å². The minimum absolute atomic E-state index is 0.319. The number of nitriles is 1. The van der Waals surface area contributed by atoms with Gasteiger partial charge in [-0.3, -0.25) is 0 Å². The Kier molecular flexibility index (Phi) is 4.48. The average Bonchev–Trinajstić information content (AvgIpc) is 2.48. The number of carboxylic acid groups (broad SMARTS) is 1. The van der Waals surface area contributed by atoms with Gasteiger partial charge in [0.2, 0.25) is 0 Å². The second-order valence-corrected chi connectivity index (χ2v) is 4.37. The maximum absolute atomic E-state index is 11.1. The lowest BCUT2D eigenvalue weighted by molar-refractivity contribution is 0.0695. The Balaban J connectivity index is 1.96. The van der Waals surface area contributed by atoms with Gasteiger partial charge in [0.15, 0.2) is 0 Å². The largest absolute Gasteiger partial charge is 0.478 e. The van der Waals surface area contributed by atoms with Gasteiger partial charge in [-0.2, -0.15) is 5.26 Å². The molecule has 0 atom stereocenters. The number of carboxylic acids is 1. The molecule has 0 radical (unpaired) electrons. The normalized spacial score (nSPS) is 9.95. The zero-order chi connectivity index (χ0) is 14.4. The van der Waals surface area contributed by atoms with Gasteiger partial charge in [0.05, 0.1) is 17.2 Å². The molecule has 0 saturated heterocycles. The first-order valence-corrected chi connectivity index (χ1v) is 6.21. The van der Waals surface area contributed by atoms with Crippen LogP contribution < -0.4 is 5.32 Å². The molecule has 0 aromatic heterocycles. The molecule has 100 valence electrons. The standard InChI is InChI=1S/C16H14N2O2/c17-9-12-5-7-13(8-6-12)10-18-11-14-3-1-2-4-15(14)16(19)20/h1-8,18H,10-11H2,(H,19,20). The van der Waals surface area contributed by atoms with Crippen molar-refractivity contribution in [3.8, 4) is 6.07 Å². The number of hydrogen-bond donors (Lipinski definition) is 2. The maximum atomic E-state index is 11.1. The predicted octanol–water partition coefficient (Wildman–Crippen LogP) is 2.55. The van der Waals surface area contributed by atoms with Gasteiger partial charge in [0.1, 0.15) is 0 Å². The van der Waals surface area contributed by atoms with Gasteiger partial charge in [-0.05, 0) is 29.3 Å². The predicted molar refractivity (Wildman–Crippen MR) is 75.1 cm³/mol. The van der Waals surface area contributed by atoms with Crippen LogP contribution in [0.3, 0.4) is 0 Å². The van der Waals surface area contributed by atoms with Crippen molar-refractivity contribution in [3.63, 3.8) is 0 Å². The number of rotatable bonds is 5. The third kappa shape index (κ3) is 3.44. The zero-order valence-corrected chi connectivity index (χ0v) is 10.8. The molecule has 0 heterocycles. The van der Waals surface area contributed by atoms with Crippen LogP contribution in [0.15, 0.2) is 48.5 Å². The Bertz CT molecular complexity index is 642. The average molecular weight is 266 g/mol. The number of nitrogens with zero attached hydrogens (tertiary/aromatic N) is 1. The lowest BCUT2D eigenvalue weighted by atomic mass is 10.1. The van der Waals surface area contributed by atoms with Crippen LogP contribution in [0.4, 0.5) is 0 Å². The third-order valence-electron chi connectivity index (χ3n) is 2.98. The summed E-state index contributed by atoms with van der Waals surface area (Å²) in [5.41, 5.74) is 2.76. The highest BCUT2D eigenvalue weighted by molar-refractivity contribution is 5.89. The van der Waals surface area contributed by atoms with E-state index < -0.39 is 5.97 Å². The van der Waals surface area contributed by atoms with Crippen LogP contribution in [-0.4, -0.2) is 11.1 Å². The molecular weight excluding hydrogens is 252 g/mol. The maximum Gasteiger partial charge on any atom is 0.336 e. The van der Waals surface area contributed by atoms with Crippen LogP contribution in [-0.2, 0) is 13.1 Å². The molecule has 0 unspecified atom stereocenters. The van der Waals surface area contributed by atoms with Crippen molar-refractivity contribution < 1.29 is 9.90 Å². The van der Waals surface area contributed by atoms with Crippen LogP contribution in [0.1, 0.15) is 27.0 Å². The van der Waals surface area contributed by atoms with E-state index in [-0.39, 0.29) is 0 Å². The fraction of sp³-hybridized carbons (Fsp3) is 0.125. The minimum atomic E-state index is -0.916. The molecule has 2 aromatic rings. The molecule has 0 aliphatic carbocycles. The highest BCUT2D eigenvalue weighted by Crippen LogP contribution is 2.09. The van der Waals surface area contributed by atoms with Gasteiger partial charge in [-0.15, -0.1) is 0 Å². The summed E-state index contributed by atoms with van der Waals surface area (Å²) in [5, 5.41) is 21.0. The number of carbonyl (C=O) groups is 1. The molecule has 20 heavy (non-hydrogen) atoms. The van der Waals surface area contributed by atoms with E-state index in [2.05, 4.69) is 11.4 Å². The van der Waals surface area contributed by atoms with E-state index in [1.54, 1.807) is 30.3 Å². The van der Waals surface area contributed by atoms with Crippen molar-refractivity contribution in [1.82, 2.24) is 5.32 Å². The summed E-state index contributed by atoms with van der Waals surface area (Å²) < 4.78 is 0. The summed E-state index contributed by atoms with van der Waals surface area (Å²) in [6.07, 6.45) is 0. The quantitative estimate of drug-likeness (QED) is 0.872. The zero-order valence-electron chi connectivity index (χ0n) is 10.8. The van der Waals surface area contributed by atoms with Gasteiger partial charge in [-0.25, -0.2) is 4.79 Å². The second kappa shape index (κ2) is 6.50.